The molecule has 21 heavy (non-hydrogen) atoms. The normalized spacial score (nSPS) is 22.6. The summed E-state index contributed by atoms with van der Waals surface area (Å²) in [6.07, 6.45) is 2.51. The van der Waals surface area contributed by atoms with Crippen molar-refractivity contribution in [2.24, 2.45) is 5.92 Å². The van der Waals surface area contributed by atoms with Crippen LogP contribution in [0.1, 0.15) is 31.0 Å². The molecule has 0 spiro atoms. The van der Waals surface area contributed by atoms with Gasteiger partial charge in [-0.15, -0.1) is 0 Å². The highest BCUT2D eigenvalue weighted by molar-refractivity contribution is 6.31. The van der Waals surface area contributed by atoms with E-state index in [1.54, 1.807) is 6.07 Å². The summed E-state index contributed by atoms with van der Waals surface area (Å²) < 4.78 is 0. The number of halogens is 1. The van der Waals surface area contributed by atoms with E-state index >= 15 is 0 Å². The Morgan fingerprint density at radius 3 is 2.76 bits per heavy atom. The summed E-state index contributed by atoms with van der Waals surface area (Å²) in [5.74, 6) is 0.823. The minimum atomic E-state index is 0.134. The Kier molecular flexibility index (Phi) is 4.05. The van der Waals surface area contributed by atoms with Gasteiger partial charge >= 0.3 is 0 Å². The smallest absolute Gasteiger partial charge is 0.198 e. The van der Waals surface area contributed by atoms with E-state index in [4.69, 9.17) is 11.6 Å². The summed E-state index contributed by atoms with van der Waals surface area (Å²) in [6, 6.07) is 5.47. The maximum absolute atomic E-state index is 12.7. The largest absolute Gasteiger partial charge is 0.358 e. The van der Waals surface area contributed by atoms with Crippen molar-refractivity contribution in [3.05, 3.63) is 44.7 Å². The van der Waals surface area contributed by atoms with Gasteiger partial charge in [-0.05, 0) is 43.9 Å². The molecule has 0 unspecified atom stereocenters. The molecule has 1 aliphatic rings. The van der Waals surface area contributed by atoms with Crippen LogP contribution < -0.4 is 10.3 Å². The standard InChI is InChI=1S/C17H21ClN2O/c1-11-5-7-20(8-6-11)10-15-12(2)19-16-4-3-13(18)9-14(16)17(15)21/h3-4,9,11H,5-8,10H2,1-2H3,(H,19,21)/p+1. The van der Waals surface area contributed by atoms with Crippen LogP contribution in [0.4, 0.5) is 0 Å². The highest BCUT2D eigenvalue weighted by atomic mass is 35.5. The molecule has 0 radical (unpaired) electrons. The lowest BCUT2D eigenvalue weighted by Crippen LogP contribution is -3.12. The third-order valence-electron chi connectivity index (χ3n) is 4.68. The van der Waals surface area contributed by atoms with Gasteiger partial charge in [0.25, 0.3) is 0 Å². The second kappa shape index (κ2) is 5.82. The van der Waals surface area contributed by atoms with Gasteiger partial charge in [0.1, 0.15) is 6.54 Å². The minimum Gasteiger partial charge on any atom is -0.358 e. The van der Waals surface area contributed by atoms with E-state index in [1.807, 2.05) is 19.1 Å². The molecule has 3 nitrogen and oxygen atoms in total. The van der Waals surface area contributed by atoms with Crippen molar-refractivity contribution in [3.63, 3.8) is 0 Å². The van der Waals surface area contributed by atoms with Crippen molar-refractivity contribution in [1.82, 2.24) is 4.98 Å². The van der Waals surface area contributed by atoms with E-state index in [9.17, 15) is 4.79 Å². The van der Waals surface area contributed by atoms with E-state index in [2.05, 4.69) is 11.9 Å². The topological polar surface area (TPSA) is 37.3 Å². The number of aryl methyl sites for hydroxylation is 1. The van der Waals surface area contributed by atoms with Crippen molar-refractivity contribution >= 4 is 22.5 Å². The Morgan fingerprint density at radius 2 is 2.05 bits per heavy atom. The Balaban J connectivity index is 1.96. The summed E-state index contributed by atoms with van der Waals surface area (Å²) in [7, 11) is 0. The second-order valence-corrected chi connectivity index (χ2v) is 6.79. The zero-order valence-electron chi connectivity index (χ0n) is 12.6. The van der Waals surface area contributed by atoms with Crippen LogP contribution >= 0.6 is 11.6 Å². The Hall–Kier alpha value is -1.32. The first-order valence-electron chi connectivity index (χ1n) is 7.69. The quantitative estimate of drug-likeness (QED) is 0.878. The van der Waals surface area contributed by atoms with E-state index in [1.165, 1.54) is 17.7 Å². The molecule has 1 saturated heterocycles. The molecule has 2 N–H and O–H groups in total. The molecule has 4 heteroatoms. The van der Waals surface area contributed by atoms with E-state index < -0.39 is 0 Å². The fraction of sp³-hybridized carbons (Fsp3) is 0.471. The lowest BCUT2D eigenvalue weighted by molar-refractivity contribution is -0.919. The second-order valence-electron chi connectivity index (χ2n) is 6.36. The maximum Gasteiger partial charge on any atom is 0.198 e. The van der Waals surface area contributed by atoms with Crippen LogP contribution in [0, 0.1) is 12.8 Å². The Morgan fingerprint density at radius 1 is 1.33 bits per heavy atom. The average molecular weight is 306 g/mol. The zero-order chi connectivity index (χ0) is 15.0. The molecule has 0 aliphatic carbocycles. The number of quaternary nitrogens is 1. The van der Waals surface area contributed by atoms with Gasteiger partial charge < -0.3 is 9.88 Å². The number of rotatable bonds is 2. The van der Waals surface area contributed by atoms with E-state index in [-0.39, 0.29) is 5.43 Å². The fourth-order valence-electron chi connectivity index (χ4n) is 3.23. The molecular formula is C17H22ClN2O+. The first-order chi connectivity index (χ1) is 10.0. The molecule has 0 amide bonds. The molecule has 0 bridgehead atoms. The van der Waals surface area contributed by atoms with Gasteiger partial charge in [-0.2, -0.15) is 0 Å². The first-order valence-corrected chi connectivity index (χ1v) is 8.07. The van der Waals surface area contributed by atoms with Crippen LogP contribution in [0.15, 0.2) is 23.0 Å². The van der Waals surface area contributed by atoms with Crippen LogP contribution in [0.5, 0.6) is 0 Å². The van der Waals surface area contributed by atoms with Gasteiger partial charge in [-0.3, -0.25) is 4.79 Å². The third kappa shape index (κ3) is 2.99. The van der Waals surface area contributed by atoms with E-state index in [0.717, 1.165) is 42.3 Å². The molecule has 1 aromatic heterocycles. The fourth-order valence-corrected chi connectivity index (χ4v) is 3.41. The molecule has 2 heterocycles. The number of likely N-dealkylation sites (tertiary alicyclic amines) is 1. The molecule has 1 aromatic carbocycles. The number of pyridine rings is 1. The van der Waals surface area contributed by atoms with Crippen LogP contribution in [0.25, 0.3) is 10.9 Å². The highest BCUT2D eigenvalue weighted by Crippen LogP contribution is 2.16. The predicted octanol–water partition coefficient (Wildman–Crippen LogP) is 2.30. The number of H-pyrrole nitrogens is 1. The summed E-state index contributed by atoms with van der Waals surface area (Å²) in [5, 5.41) is 1.31. The number of hydrogen-bond donors (Lipinski definition) is 2. The van der Waals surface area contributed by atoms with Gasteiger partial charge in [0.05, 0.1) is 18.7 Å². The van der Waals surface area contributed by atoms with Gasteiger partial charge in [-0.1, -0.05) is 18.5 Å². The van der Waals surface area contributed by atoms with Crippen molar-refractivity contribution < 1.29 is 4.90 Å². The maximum atomic E-state index is 12.7. The Labute approximate surface area is 129 Å². The number of benzene rings is 1. The molecule has 2 aromatic rings. The summed E-state index contributed by atoms with van der Waals surface area (Å²) >= 11 is 6.03. The molecular weight excluding hydrogens is 284 g/mol. The minimum absolute atomic E-state index is 0.134. The number of hydrogen-bond acceptors (Lipinski definition) is 1. The number of fused-ring (bicyclic) bond motifs is 1. The monoisotopic (exact) mass is 305 g/mol. The highest BCUT2D eigenvalue weighted by Gasteiger charge is 2.21. The van der Waals surface area contributed by atoms with Gasteiger partial charge in [0.2, 0.25) is 0 Å². The number of aromatic nitrogens is 1. The summed E-state index contributed by atoms with van der Waals surface area (Å²) in [4.78, 5) is 17.6. The van der Waals surface area contributed by atoms with Gasteiger partial charge in [0, 0.05) is 21.6 Å². The molecule has 1 fully saturated rings. The predicted molar refractivity (Wildman–Crippen MR) is 87.1 cm³/mol. The Bertz CT molecular complexity index is 715. The van der Waals surface area contributed by atoms with Crippen molar-refractivity contribution in [2.75, 3.05) is 13.1 Å². The van der Waals surface area contributed by atoms with Crippen LogP contribution in [-0.2, 0) is 6.54 Å². The van der Waals surface area contributed by atoms with Crippen molar-refractivity contribution in [1.29, 1.82) is 0 Å². The van der Waals surface area contributed by atoms with Crippen LogP contribution in [0.2, 0.25) is 5.02 Å². The zero-order valence-corrected chi connectivity index (χ0v) is 13.4. The molecule has 3 rings (SSSR count). The van der Waals surface area contributed by atoms with E-state index in [0.29, 0.717) is 10.4 Å². The number of aromatic amines is 1. The summed E-state index contributed by atoms with van der Waals surface area (Å²) in [6.45, 7) is 7.45. The van der Waals surface area contributed by atoms with Gasteiger partial charge in [-0.25, -0.2) is 0 Å². The van der Waals surface area contributed by atoms with Gasteiger partial charge in [0.15, 0.2) is 5.43 Å². The summed E-state index contributed by atoms with van der Waals surface area (Å²) in [5.41, 5.74) is 2.90. The first kappa shape index (κ1) is 14.6. The SMILES string of the molecule is Cc1[nH]c2ccc(Cl)cc2c(=O)c1C[NH+]1CCC(C)CC1. The number of nitrogens with one attached hydrogen (secondary N) is 2. The average Bonchev–Trinajstić information content (AvgIpc) is 2.46. The van der Waals surface area contributed by atoms with Crippen molar-refractivity contribution in [3.8, 4) is 0 Å². The molecule has 1 aliphatic heterocycles. The van der Waals surface area contributed by atoms with Crippen LogP contribution in [0.3, 0.4) is 0 Å². The third-order valence-corrected chi connectivity index (χ3v) is 4.92. The lowest BCUT2D eigenvalue weighted by atomic mass is 9.98. The molecule has 0 saturated carbocycles. The molecule has 0 atom stereocenters. The van der Waals surface area contributed by atoms with Crippen LogP contribution in [-0.4, -0.2) is 18.1 Å². The number of piperidine rings is 1. The lowest BCUT2D eigenvalue weighted by Gasteiger charge is -2.27. The molecule has 112 valence electrons. The van der Waals surface area contributed by atoms with Crippen molar-refractivity contribution in [2.45, 2.75) is 33.2 Å².